The van der Waals surface area contributed by atoms with E-state index in [-0.39, 0.29) is 0 Å². The van der Waals surface area contributed by atoms with Crippen LogP contribution in [0.4, 0.5) is 0 Å². The van der Waals surface area contributed by atoms with Gasteiger partial charge in [-0.05, 0) is 24.3 Å². The van der Waals surface area contributed by atoms with Crippen LogP contribution < -0.4 is 0 Å². The van der Waals surface area contributed by atoms with Crippen LogP contribution >= 0.6 is 23.2 Å². The van der Waals surface area contributed by atoms with Gasteiger partial charge in [0.25, 0.3) is 0 Å². The normalized spacial score (nSPS) is 9.47. The summed E-state index contributed by atoms with van der Waals surface area (Å²) in [7, 11) is 3.38. The first kappa shape index (κ1) is 15.5. The number of halogens is 2. The smallest absolute Gasteiger partial charge is 0.209 e. The highest BCUT2D eigenvalue weighted by Crippen LogP contribution is 2.13. The van der Waals surface area contributed by atoms with Gasteiger partial charge in [0.15, 0.2) is 0 Å². The van der Waals surface area contributed by atoms with E-state index in [4.69, 9.17) is 23.2 Å². The van der Waals surface area contributed by atoms with Crippen LogP contribution in [0.25, 0.3) is 5.69 Å². The molecule has 1 heterocycles. The predicted molar refractivity (Wildman–Crippen MR) is 77.9 cm³/mol. The monoisotopic (exact) mass is 299 g/mol. The van der Waals surface area contributed by atoms with Crippen molar-refractivity contribution in [2.24, 2.45) is 0 Å². The molecule has 1 aromatic carbocycles. The second kappa shape index (κ2) is 7.81. The molecule has 0 N–H and O–H groups in total. The standard InChI is InChI=1S/C10H8Cl2N2.C3H7NO/c11-5-8-6-13-14(7-8)10-3-1-9(12)2-4-10;1-4(2)3-5/h1-4,6-7H,5H2;3H,1-2H3. The summed E-state index contributed by atoms with van der Waals surface area (Å²) < 4.78 is 1.77. The van der Waals surface area contributed by atoms with Gasteiger partial charge in [-0.15, -0.1) is 11.6 Å². The van der Waals surface area contributed by atoms with E-state index in [2.05, 4.69) is 5.10 Å². The van der Waals surface area contributed by atoms with E-state index in [1.54, 1.807) is 25.0 Å². The Bertz CT molecular complexity index is 509. The minimum atomic E-state index is 0.480. The number of rotatable bonds is 3. The van der Waals surface area contributed by atoms with Crippen LogP contribution in [0.15, 0.2) is 36.7 Å². The second-order valence-corrected chi connectivity index (χ2v) is 4.68. The number of nitrogens with zero attached hydrogens (tertiary/aromatic N) is 3. The minimum Gasteiger partial charge on any atom is -0.351 e. The number of alkyl halides is 1. The summed E-state index contributed by atoms with van der Waals surface area (Å²) in [6.45, 7) is 0. The van der Waals surface area contributed by atoms with Crippen molar-refractivity contribution in [1.82, 2.24) is 14.7 Å². The van der Waals surface area contributed by atoms with Crippen LogP contribution in [0.3, 0.4) is 0 Å². The number of hydrogen-bond donors (Lipinski definition) is 0. The van der Waals surface area contributed by atoms with E-state index in [0.717, 1.165) is 22.7 Å². The van der Waals surface area contributed by atoms with Crippen LogP contribution in [0.2, 0.25) is 5.02 Å². The summed E-state index contributed by atoms with van der Waals surface area (Å²) in [5, 5.41) is 4.90. The van der Waals surface area contributed by atoms with Crippen molar-refractivity contribution in [3.63, 3.8) is 0 Å². The molecule has 0 radical (unpaired) electrons. The van der Waals surface area contributed by atoms with Gasteiger partial charge in [-0.3, -0.25) is 4.79 Å². The molecule has 0 atom stereocenters. The molecule has 4 nitrogen and oxygen atoms in total. The molecule has 1 amide bonds. The maximum atomic E-state index is 9.43. The predicted octanol–water partition coefficient (Wildman–Crippen LogP) is 2.97. The average molecular weight is 300 g/mol. The second-order valence-electron chi connectivity index (χ2n) is 3.97. The molecule has 6 heteroatoms. The van der Waals surface area contributed by atoms with Crippen molar-refractivity contribution in [1.29, 1.82) is 0 Å². The molecule has 0 spiro atoms. The number of amides is 1. The van der Waals surface area contributed by atoms with Crippen molar-refractivity contribution in [3.05, 3.63) is 47.2 Å². The van der Waals surface area contributed by atoms with E-state index in [1.807, 2.05) is 30.5 Å². The average Bonchev–Trinajstić information content (AvgIpc) is 2.89. The van der Waals surface area contributed by atoms with Crippen molar-refractivity contribution < 1.29 is 4.79 Å². The number of benzene rings is 1. The van der Waals surface area contributed by atoms with Crippen molar-refractivity contribution in [2.45, 2.75) is 5.88 Å². The molecule has 0 aliphatic heterocycles. The molecule has 0 fully saturated rings. The Morgan fingerprint density at radius 3 is 2.32 bits per heavy atom. The fourth-order valence-corrected chi connectivity index (χ4v) is 1.43. The fourth-order valence-electron chi connectivity index (χ4n) is 1.16. The first-order valence-corrected chi connectivity index (χ1v) is 6.45. The van der Waals surface area contributed by atoms with Gasteiger partial charge in [0.2, 0.25) is 6.41 Å². The van der Waals surface area contributed by atoms with E-state index in [0.29, 0.717) is 5.88 Å². The Kier molecular flexibility index (Phi) is 6.39. The maximum Gasteiger partial charge on any atom is 0.209 e. The minimum absolute atomic E-state index is 0.480. The molecule has 0 aliphatic rings. The van der Waals surface area contributed by atoms with Gasteiger partial charge in [-0.1, -0.05) is 11.6 Å². The molecule has 0 unspecified atom stereocenters. The molecule has 2 rings (SSSR count). The first-order valence-electron chi connectivity index (χ1n) is 5.54. The van der Waals surface area contributed by atoms with E-state index in [1.165, 1.54) is 4.90 Å². The molecule has 0 bridgehead atoms. The quantitative estimate of drug-likeness (QED) is 0.645. The summed E-state index contributed by atoms with van der Waals surface area (Å²) in [4.78, 5) is 10.9. The van der Waals surface area contributed by atoms with Crippen molar-refractivity contribution in [2.75, 3.05) is 14.1 Å². The SMILES string of the molecule is CN(C)C=O.ClCc1cnn(-c2ccc(Cl)cc2)c1. The zero-order valence-corrected chi connectivity index (χ0v) is 12.3. The highest BCUT2D eigenvalue weighted by Gasteiger charge is 1.99. The van der Waals surface area contributed by atoms with Gasteiger partial charge in [-0.2, -0.15) is 5.10 Å². The van der Waals surface area contributed by atoms with Crippen LogP contribution in [-0.4, -0.2) is 35.2 Å². The van der Waals surface area contributed by atoms with Gasteiger partial charge in [0.1, 0.15) is 0 Å². The molecule has 1 aromatic heterocycles. The molecule has 19 heavy (non-hydrogen) atoms. The fraction of sp³-hybridized carbons (Fsp3) is 0.231. The van der Waals surface area contributed by atoms with E-state index in [9.17, 15) is 4.79 Å². The summed E-state index contributed by atoms with van der Waals surface area (Å²) in [6, 6.07) is 7.48. The number of hydrogen-bond acceptors (Lipinski definition) is 2. The summed E-state index contributed by atoms with van der Waals surface area (Å²) in [5.41, 5.74) is 1.98. The van der Waals surface area contributed by atoms with E-state index < -0.39 is 0 Å². The van der Waals surface area contributed by atoms with E-state index >= 15 is 0 Å². The van der Waals surface area contributed by atoms with Gasteiger partial charge in [0, 0.05) is 30.9 Å². The van der Waals surface area contributed by atoms with Gasteiger partial charge in [0.05, 0.1) is 17.8 Å². The Morgan fingerprint density at radius 2 is 1.89 bits per heavy atom. The molecule has 0 aliphatic carbocycles. The summed E-state index contributed by atoms with van der Waals surface area (Å²) >= 11 is 11.5. The zero-order valence-electron chi connectivity index (χ0n) is 10.8. The summed E-state index contributed by atoms with van der Waals surface area (Å²) in [6.07, 6.45) is 4.40. The Balaban J connectivity index is 0.000000312. The number of aromatic nitrogens is 2. The lowest BCUT2D eigenvalue weighted by Crippen LogP contribution is -2.06. The largest absolute Gasteiger partial charge is 0.351 e. The highest BCUT2D eigenvalue weighted by molar-refractivity contribution is 6.30. The topological polar surface area (TPSA) is 38.1 Å². The third-order valence-corrected chi connectivity index (χ3v) is 2.65. The third-order valence-electron chi connectivity index (χ3n) is 2.09. The maximum absolute atomic E-state index is 9.43. The highest BCUT2D eigenvalue weighted by atomic mass is 35.5. The lowest BCUT2D eigenvalue weighted by Gasteiger charge is -1.99. The van der Waals surface area contributed by atoms with Gasteiger partial charge < -0.3 is 4.90 Å². The molecule has 2 aromatic rings. The lowest BCUT2D eigenvalue weighted by atomic mass is 10.3. The summed E-state index contributed by atoms with van der Waals surface area (Å²) in [5.74, 6) is 0.480. The lowest BCUT2D eigenvalue weighted by molar-refractivity contribution is -0.115. The molecule has 0 saturated carbocycles. The van der Waals surface area contributed by atoms with Crippen LogP contribution in [0.5, 0.6) is 0 Å². The third kappa shape index (κ3) is 5.32. The zero-order chi connectivity index (χ0) is 14.3. The van der Waals surface area contributed by atoms with Crippen molar-refractivity contribution in [3.8, 4) is 5.69 Å². The van der Waals surface area contributed by atoms with Crippen LogP contribution in [0.1, 0.15) is 5.56 Å². The Morgan fingerprint density at radius 1 is 1.32 bits per heavy atom. The Hall–Kier alpha value is -1.52. The van der Waals surface area contributed by atoms with Crippen LogP contribution in [-0.2, 0) is 10.7 Å². The molecular weight excluding hydrogens is 285 g/mol. The van der Waals surface area contributed by atoms with Gasteiger partial charge in [-0.25, -0.2) is 4.68 Å². The molecular formula is C13H15Cl2N3O. The van der Waals surface area contributed by atoms with Crippen molar-refractivity contribution >= 4 is 29.6 Å². The number of carbonyl (C=O) groups excluding carboxylic acids is 1. The molecule has 0 saturated heterocycles. The van der Waals surface area contributed by atoms with Gasteiger partial charge >= 0.3 is 0 Å². The number of carbonyl (C=O) groups is 1. The van der Waals surface area contributed by atoms with Crippen LogP contribution in [0, 0.1) is 0 Å². The molecule has 102 valence electrons. The Labute approximate surface area is 122 Å². The first-order chi connectivity index (χ1) is 9.06.